The van der Waals surface area contributed by atoms with Crippen molar-refractivity contribution in [1.82, 2.24) is 10.3 Å². The van der Waals surface area contributed by atoms with Crippen LogP contribution < -0.4 is 15.8 Å². The third-order valence-electron chi connectivity index (χ3n) is 3.88. The van der Waals surface area contributed by atoms with Crippen molar-refractivity contribution >= 4 is 11.7 Å². The molecule has 1 saturated heterocycles. The lowest BCUT2D eigenvalue weighted by Crippen LogP contribution is -2.44. The lowest BCUT2D eigenvalue weighted by atomic mass is 10.0. The number of nitrogens with one attached hydrogen (secondary N) is 2. The fourth-order valence-electron chi connectivity index (χ4n) is 2.71. The van der Waals surface area contributed by atoms with Crippen LogP contribution in [0.15, 0.2) is 41.3 Å². The number of piperazine rings is 1. The van der Waals surface area contributed by atoms with E-state index in [0.29, 0.717) is 37.3 Å². The number of benzene rings is 1. The first kappa shape index (κ1) is 20.5. The van der Waals surface area contributed by atoms with Gasteiger partial charge in [-0.1, -0.05) is 6.07 Å². The van der Waals surface area contributed by atoms with Gasteiger partial charge < -0.3 is 20.3 Å². The minimum Gasteiger partial charge on any atom is -0.481 e. The second-order valence-corrected chi connectivity index (χ2v) is 5.93. The molecule has 0 spiro atoms. The molecule has 146 valence electrons. The Morgan fingerprint density at radius 1 is 1.11 bits per heavy atom. The third-order valence-corrected chi connectivity index (χ3v) is 3.88. The summed E-state index contributed by atoms with van der Waals surface area (Å²) in [5.74, 6) is -0.833. The van der Waals surface area contributed by atoms with E-state index in [1.54, 1.807) is 11.0 Å². The van der Waals surface area contributed by atoms with Crippen molar-refractivity contribution in [3.05, 3.63) is 52.4 Å². The molecule has 0 atom stereocenters. The Labute approximate surface area is 153 Å². The van der Waals surface area contributed by atoms with Crippen molar-refractivity contribution in [2.45, 2.75) is 13.1 Å². The molecule has 3 rings (SSSR count). The molecule has 9 heteroatoms. The summed E-state index contributed by atoms with van der Waals surface area (Å²) in [6, 6.07) is 7.12. The van der Waals surface area contributed by atoms with Gasteiger partial charge in [0.2, 0.25) is 5.56 Å². The van der Waals surface area contributed by atoms with Crippen LogP contribution in [0, 0.1) is 0 Å². The molecule has 27 heavy (non-hydrogen) atoms. The lowest BCUT2D eigenvalue weighted by Gasteiger charge is -2.31. The first-order valence-corrected chi connectivity index (χ1v) is 8.24. The molecule has 0 amide bonds. The molecular formula is C18H20F3N3O3. The Morgan fingerprint density at radius 3 is 2.22 bits per heavy atom. The number of nitrogens with zero attached hydrogens (tertiary/aromatic N) is 1. The van der Waals surface area contributed by atoms with Crippen molar-refractivity contribution in [3.8, 4) is 11.1 Å². The molecule has 1 aromatic carbocycles. The van der Waals surface area contributed by atoms with Crippen LogP contribution >= 0.6 is 0 Å². The zero-order valence-electron chi connectivity index (χ0n) is 14.6. The van der Waals surface area contributed by atoms with Gasteiger partial charge >= 0.3 is 6.18 Å². The number of hydrogen-bond acceptors (Lipinski definition) is 4. The van der Waals surface area contributed by atoms with Crippen LogP contribution in [0.25, 0.3) is 11.1 Å². The van der Waals surface area contributed by atoms with Gasteiger partial charge in [0.1, 0.15) is 0 Å². The Balaban J connectivity index is 0.000000596. The maximum atomic E-state index is 13.5. The van der Waals surface area contributed by atoms with E-state index in [1.807, 2.05) is 0 Å². The summed E-state index contributed by atoms with van der Waals surface area (Å²) in [5.41, 5.74) is 0.229. The highest BCUT2D eigenvalue weighted by Gasteiger charge is 2.35. The van der Waals surface area contributed by atoms with Crippen LogP contribution in [0.4, 0.5) is 18.9 Å². The van der Waals surface area contributed by atoms with Crippen molar-refractivity contribution in [2.24, 2.45) is 0 Å². The van der Waals surface area contributed by atoms with Crippen molar-refractivity contribution in [3.63, 3.8) is 0 Å². The van der Waals surface area contributed by atoms with Crippen molar-refractivity contribution in [2.75, 3.05) is 31.1 Å². The summed E-state index contributed by atoms with van der Waals surface area (Å²) in [6.07, 6.45) is -3.01. The van der Waals surface area contributed by atoms with Gasteiger partial charge in [-0.05, 0) is 29.3 Å². The zero-order chi connectivity index (χ0) is 20.0. The number of alkyl halides is 3. The van der Waals surface area contributed by atoms with E-state index in [2.05, 4.69) is 10.3 Å². The average Bonchev–Trinajstić information content (AvgIpc) is 2.61. The number of anilines is 1. The predicted molar refractivity (Wildman–Crippen MR) is 95.9 cm³/mol. The Kier molecular flexibility index (Phi) is 6.62. The number of aromatic nitrogens is 1. The zero-order valence-corrected chi connectivity index (χ0v) is 14.6. The summed E-state index contributed by atoms with van der Waals surface area (Å²) in [6.45, 7) is 3.50. The quantitative estimate of drug-likeness (QED) is 0.742. The van der Waals surface area contributed by atoms with Gasteiger partial charge in [0.05, 0.1) is 5.56 Å². The molecule has 1 aliphatic rings. The van der Waals surface area contributed by atoms with Crippen LogP contribution in [0.3, 0.4) is 0 Å². The van der Waals surface area contributed by atoms with E-state index in [9.17, 15) is 18.0 Å². The Bertz CT molecular complexity index is 819. The highest BCUT2D eigenvalue weighted by Crippen LogP contribution is 2.39. The van der Waals surface area contributed by atoms with Gasteiger partial charge in [-0.3, -0.25) is 9.59 Å². The normalized spacial score (nSPS) is 14.3. The summed E-state index contributed by atoms with van der Waals surface area (Å²) >= 11 is 0. The van der Waals surface area contributed by atoms with Crippen LogP contribution in [0.2, 0.25) is 0 Å². The molecule has 1 aliphatic heterocycles. The number of carboxylic acids is 1. The van der Waals surface area contributed by atoms with E-state index in [-0.39, 0.29) is 11.2 Å². The largest absolute Gasteiger partial charge is 0.481 e. The molecule has 1 aromatic heterocycles. The van der Waals surface area contributed by atoms with Gasteiger partial charge in [-0.2, -0.15) is 13.2 Å². The molecule has 0 bridgehead atoms. The molecule has 6 nitrogen and oxygen atoms in total. The van der Waals surface area contributed by atoms with Gasteiger partial charge in [0, 0.05) is 51.1 Å². The minimum atomic E-state index is -4.43. The maximum absolute atomic E-state index is 13.5. The number of carboxylic acid groups (broad SMARTS) is 1. The average molecular weight is 383 g/mol. The van der Waals surface area contributed by atoms with Crippen LogP contribution in [0.5, 0.6) is 0 Å². The molecule has 0 unspecified atom stereocenters. The smallest absolute Gasteiger partial charge is 0.418 e. The number of H-pyrrole nitrogens is 1. The van der Waals surface area contributed by atoms with E-state index in [1.165, 1.54) is 24.4 Å². The van der Waals surface area contributed by atoms with E-state index >= 15 is 0 Å². The molecule has 2 heterocycles. The summed E-state index contributed by atoms with van der Waals surface area (Å²) in [4.78, 5) is 24.3. The highest BCUT2D eigenvalue weighted by atomic mass is 19.4. The van der Waals surface area contributed by atoms with Gasteiger partial charge in [0.25, 0.3) is 5.97 Å². The van der Waals surface area contributed by atoms with Crippen LogP contribution in [-0.2, 0) is 11.0 Å². The number of aromatic amines is 1. The molecule has 0 radical (unpaired) electrons. The second-order valence-electron chi connectivity index (χ2n) is 5.93. The Morgan fingerprint density at radius 2 is 1.70 bits per heavy atom. The van der Waals surface area contributed by atoms with E-state index in [4.69, 9.17) is 9.90 Å². The van der Waals surface area contributed by atoms with Gasteiger partial charge in [-0.25, -0.2) is 0 Å². The standard InChI is InChI=1S/C16H16F3N3O.C2H4O2/c17-16(18,19)13-9-11(12-2-4-15(23)21-10-12)1-3-14(13)22-7-5-20-6-8-22;1-2(3)4/h1-4,9-10,20H,5-8H2,(H,21,23);1H3,(H,3,4). The van der Waals surface area contributed by atoms with Gasteiger partial charge in [0.15, 0.2) is 0 Å². The van der Waals surface area contributed by atoms with E-state index < -0.39 is 17.7 Å². The minimum absolute atomic E-state index is 0.201. The summed E-state index contributed by atoms with van der Waals surface area (Å²) < 4.78 is 40.4. The van der Waals surface area contributed by atoms with Crippen molar-refractivity contribution < 1.29 is 23.1 Å². The molecule has 0 saturated carbocycles. The lowest BCUT2D eigenvalue weighted by molar-refractivity contribution is -0.137. The number of carbonyl (C=O) groups is 1. The number of pyridine rings is 1. The first-order chi connectivity index (χ1) is 12.7. The molecule has 1 fully saturated rings. The fraction of sp³-hybridized carbons (Fsp3) is 0.333. The number of aliphatic carboxylic acids is 1. The molecular weight excluding hydrogens is 363 g/mol. The monoisotopic (exact) mass is 383 g/mol. The van der Waals surface area contributed by atoms with Gasteiger partial charge in [-0.15, -0.1) is 0 Å². The number of halogens is 3. The molecule has 3 N–H and O–H groups in total. The van der Waals surface area contributed by atoms with Crippen LogP contribution in [-0.4, -0.2) is 42.2 Å². The third kappa shape index (κ3) is 5.85. The highest BCUT2D eigenvalue weighted by molar-refractivity contribution is 5.69. The van der Waals surface area contributed by atoms with Crippen LogP contribution in [0.1, 0.15) is 12.5 Å². The van der Waals surface area contributed by atoms with Crippen molar-refractivity contribution in [1.29, 1.82) is 0 Å². The Hall–Kier alpha value is -2.81. The maximum Gasteiger partial charge on any atom is 0.418 e. The first-order valence-electron chi connectivity index (χ1n) is 8.24. The molecule has 0 aliphatic carbocycles. The second kappa shape index (κ2) is 8.72. The SMILES string of the molecule is CC(=O)O.O=c1ccc(-c2ccc(N3CCNCC3)c(C(F)(F)F)c2)c[nH]1. The topological polar surface area (TPSA) is 85.4 Å². The predicted octanol–water partition coefficient (Wildman–Crippen LogP) is 2.56. The summed E-state index contributed by atoms with van der Waals surface area (Å²) in [5, 5.41) is 10.5. The molecule has 2 aromatic rings. The fourth-order valence-corrected chi connectivity index (χ4v) is 2.71. The van der Waals surface area contributed by atoms with E-state index in [0.717, 1.165) is 13.0 Å². The number of rotatable bonds is 2. The summed E-state index contributed by atoms with van der Waals surface area (Å²) in [7, 11) is 0. The number of hydrogen-bond donors (Lipinski definition) is 3.